The van der Waals surface area contributed by atoms with Crippen LogP contribution < -0.4 is 11.1 Å². The summed E-state index contributed by atoms with van der Waals surface area (Å²) in [5.41, 5.74) is 5.59. The number of carbonyl (C=O) groups excluding carboxylic acids is 2. The molecule has 0 radical (unpaired) electrons. The van der Waals surface area contributed by atoms with Crippen LogP contribution in [0.2, 0.25) is 0 Å². The van der Waals surface area contributed by atoms with E-state index in [1.807, 2.05) is 0 Å². The molecule has 0 saturated heterocycles. The number of amides is 1. The van der Waals surface area contributed by atoms with E-state index in [1.54, 1.807) is 20.8 Å². The Morgan fingerprint density at radius 1 is 1.40 bits per heavy atom. The summed E-state index contributed by atoms with van der Waals surface area (Å²) in [5.74, 6) is -0.964. The molecule has 3 unspecified atom stereocenters. The molecule has 0 aliphatic heterocycles. The van der Waals surface area contributed by atoms with Gasteiger partial charge in [0.1, 0.15) is 6.04 Å². The first-order valence-electron chi connectivity index (χ1n) is 5.07. The Hall–Kier alpha value is -1.10. The summed E-state index contributed by atoms with van der Waals surface area (Å²) in [7, 11) is 1.30. The van der Waals surface area contributed by atoms with E-state index < -0.39 is 12.0 Å². The lowest BCUT2D eigenvalue weighted by molar-refractivity contribution is -0.145. The van der Waals surface area contributed by atoms with Crippen LogP contribution in [0.1, 0.15) is 27.2 Å². The maximum atomic E-state index is 11.6. The molecule has 0 fully saturated rings. The summed E-state index contributed by atoms with van der Waals surface area (Å²) < 4.78 is 4.56. The Morgan fingerprint density at radius 2 is 1.93 bits per heavy atom. The van der Waals surface area contributed by atoms with Crippen molar-refractivity contribution < 1.29 is 14.3 Å². The molecule has 0 bridgehead atoms. The number of ether oxygens (including phenoxy) is 1. The second-order valence-corrected chi connectivity index (χ2v) is 3.64. The molecule has 0 aliphatic rings. The van der Waals surface area contributed by atoms with Crippen molar-refractivity contribution in [3.05, 3.63) is 0 Å². The maximum Gasteiger partial charge on any atom is 0.328 e. The van der Waals surface area contributed by atoms with Crippen LogP contribution in [0.5, 0.6) is 0 Å². The molecule has 5 heteroatoms. The quantitative estimate of drug-likeness (QED) is 0.636. The number of esters is 1. The first-order valence-corrected chi connectivity index (χ1v) is 5.07. The van der Waals surface area contributed by atoms with Gasteiger partial charge in [-0.3, -0.25) is 4.79 Å². The van der Waals surface area contributed by atoms with Crippen molar-refractivity contribution in [1.29, 1.82) is 0 Å². The molecule has 0 spiro atoms. The zero-order valence-corrected chi connectivity index (χ0v) is 9.74. The highest BCUT2D eigenvalue weighted by atomic mass is 16.5. The van der Waals surface area contributed by atoms with Gasteiger partial charge in [-0.25, -0.2) is 4.79 Å². The standard InChI is InChI=1S/C10H20N2O3/c1-5-8(10(14)15-4)12-9(13)6(2)7(3)11/h6-8H,5,11H2,1-4H3,(H,12,13). The molecule has 0 aromatic carbocycles. The lowest BCUT2D eigenvalue weighted by Gasteiger charge is -2.19. The van der Waals surface area contributed by atoms with E-state index in [1.165, 1.54) is 7.11 Å². The van der Waals surface area contributed by atoms with E-state index in [0.29, 0.717) is 6.42 Å². The van der Waals surface area contributed by atoms with Crippen molar-refractivity contribution in [3.63, 3.8) is 0 Å². The topological polar surface area (TPSA) is 81.4 Å². The normalized spacial score (nSPS) is 16.3. The van der Waals surface area contributed by atoms with Crippen LogP contribution >= 0.6 is 0 Å². The highest BCUT2D eigenvalue weighted by Gasteiger charge is 2.23. The van der Waals surface area contributed by atoms with Gasteiger partial charge in [0, 0.05) is 12.0 Å². The third-order valence-electron chi connectivity index (χ3n) is 2.41. The van der Waals surface area contributed by atoms with Gasteiger partial charge >= 0.3 is 5.97 Å². The molecule has 0 heterocycles. The van der Waals surface area contributed by atoms with Gasteiger partial charge in [0.2, 0.25) is 5.91 Å². The zero-order chi connectivity index (χ0) is 12.0. The van der Waals surface area contributed by atoms with Crippen molar-refractivity contribution in [3.8, 4) is 0 Å². The summed E-state index contributed by atoms with van der Waals surface area (Å²) in [6.45, 7) is 5.28. The Balaban J connectivity index is 4.30. The predicted octanol–water partition coefficient (Wildman–Crippen LogP) is 0.0375. The van der Waals surface area contributed by atoms with Crippen LogP contribution in [0.25, 0.3) is 0 Å². The van der Waals surface area contributed by atoms with Crippen LogP contribution in [0.3, 0.4) is 0 Å². The van der Waals surface area contributed by atoms with Gasteiger partial charge in [-0.1, -0.05) is 13.8 Å². The highest BCUT2D eigenvalue weighted by molar-refractivity contribution is 5.85. The third-order valence-corrected chi connectivity index (χ3v) is 2.41. The van der Waals surface area contributed by atoms with Gasteiger partial charge in [-0.05, 0) is 13.3 Å². The molecule has 3 N–H and O–H groups in total. The molecule has 0 rings (SSSR count). The Labute approximate surface area is 90.4 Å². The van der Waals surface area contributed by atoms with Gasteiger partial charge in [-0.2, -0.15) is 0 Å². The Kier molecular flexibility index (Phi) is 5.93. The van der Waals surface area contributed by atoms with Gasteiger partial charge in [-0.15, -0.1) is 0 Å². The molecule has 1 amide bonds. The largest absolute Gasteiger partial charge is 0.467 e. The SMILES string of the molecule is CCC(NC(=O)C(C)C(C)N)C(=O)OC. The number of rotatable bonds is 5. The van der Waals surface area contributed by atoms with Crippen LogP contribution in [0, 0.1) is 5.92 Å². The monoisotopic (exact) mass is 216 g/mol. The first-order chi connectivity index (χ1) is 6.93. The van der Waals surface area contributed by atoms with E-state index in [4.69, 9.17) is 5.73 Å². The van der Waals surface area contributed by atoms with Gasteiger partial charge in [0.25, 0.3) is 0 Å². The Bertz CT molecular complexity index is 229. The highest BCUT2D eigenvalue weighted by Crippen LogP contribution is 2.02. The van der Waals surface area contributed by atoms with Gasteiger partial charge in [0.15, 0.2) is 0 Å². The number of nitrogens with two attached hydrogens (primary N) is 1. The summed E-state index contributed by atoms with van der Waals surface area (Å²) in [6, 6.07) is -0.816. The molecule has 0 aromatic heterocycles. The van der Waals surface area contributed by atoms with E-state index in [-0.39, 0.29) is 17.9 Å². The molecule has 15 heavy (non-hydrogen) atoms. The van der Waals surface area contributed by atoms with Crippen molar-refractivity contribution >= 4 is 11.9 Å². The fraction of sp³-hybridized carbons (Fsp3) is 0.800. The fourth-order valence-corrected chi connectivity index (χ4v) is 1.01. The van der Waals surface area contributed by atoms with E-state index >= 15 is 0 Å². The molecular formula is C10H20N2O3. The molecule has 0 saturated carbocycles. The zero-order valence-electron chi connectivity index (χ0n) is 9.74. The number of nitrogens with one attached hydrogen (secondary N) is 1. The van der Waals surface area contributed by atoms with Gasteiger partial charge < -0.3 is 15.8 Å². The summed E-state index contributed by atoms with van der Waals surface area (Å²) >= 11 is 0. The number of hydrogen-bond donors (Lipinski definition) is 2. The summed E-state index contributed by atoms with van der Waals surface area (Å²) in [6.07, 6.45) is 0.504. The van der Waals surface area contributed by atoms with E-state index in [9.17, 15) is 9.59 Å². The minimum atomic E-state index is -0.580. The van der Waals surface area contributed by atoms with Crippen molar-refractivity contribution in [1.82, 2.24) is 5.32 Å². The Morgan fingerprint density at radius 3 is 2.27 bits per heavy atom. The van der Waals surface area contributed by atoms with Crippen LogP contribution in [0.15, 0.2) is 0 Å². The van der Waals surface area contributed by atoms with Crippen LogP contribution in [-0.2, 0) is 14.3 Å². The van der Waals surface area contributed by atoms with Crippen LogP contribution in [0.4, 0.5) is 0 Å². The van der Waals surface area contributed by atoms with Crippen molar-refractivity contribution in [2.24, 2.45) is 11.7 Å². The molecule has 3 atom stereocenters. The number of methoxy groups -OCH3 is 1. The molecular weight excluding hydrogens is 196 g/mol. The molecule has 0 aromatic rings. The lowest BCUT2D eigenvalue weighted by Crippen LogP contribution is -2.46. The summed E-state index contributed by atoms with van der Waals surface area (Å²) in [5, 5.41) is 2.60. The second-order valence-electron chi connectivity index (χ2n) is 3.64. The van der Waals surface area contributed by atoms with Crippen molar-refractivity contribution in [2.75, 3.05) is 7.11 Å². The van der Waals surface area contributed by atoms with Crippen molar-refractivity contribution in [2.45, 2.75) is 39.3 Å². The lowest BCUT2D eigenvalue weighted by atomic mass is 10.0. The first kappa shape index (κ1) is 13.9. The fourth-order valence-electron chi connectivity index (χ4n) is 1.01. The maximum absolute atomic E-state index is 11.6. The minimum Gasteiger partial charge on any atom is -0.467 e. The van der Waals surface area contributed by atoms with E-state index in [2.05, 4.69) is 10.1 Å². The minimum absolute atomic E-state index is 0.220. The number of carbonyl (C=O) groups is 2. The molecule has 5 nitrogen and oxygen atoms in total. The molecule has 0 aliphatic carbocycles. The molecule has 88 valence electrons. The average Bonchev–Trinajstić information content (AvgIpc) is 2.22. The van der Waals surface area contributed by atoms with Gasteiger partial charge in [0.05, 0.1) is 7.11 Å². The number of hydrogen-bond acceptors (Lipinski definition) is 4. The third kappa shape index (κ3) is 4.29. The second kappa shape index (κ2) is 6.40. The van der Waals surface area contributed by atoms with E-state index in [0.717, 1.165) is 0 Å². The predicted molar refractivity (Wildman–Crippen MR) is 57.1 cm³/mol. The average molecular weight is 216 g/mol. The van der Waals surface area contributed by atoms with Crippen LogP contribution in [-0.4, -0.2) is 31.1 Å². The smallest absolute Gasteiger partial charge is 0.328 e. The summed E-state index contributed by atoms with van der Waals surface area (Å²) in [4.78, 5) is 22.8.